The van der Waals surface area contributed by atoms with E-state index in [-0.39, 0.29) is 74.3 Å². The Bertz CT molecular complexity index is 3860. The molecule has 5 aliphatic heterocycles. The fourth-order valence-corrected chi connectivity index (χ4v) is 16.4. The summed E-state index contributed by atoms with van der Waals surface area (Å²) in [7, 11) is 2.13. The minimum Gasteiger partial charge on any atom is -0.483 e. The number of hydrogen-bond acceptors (Lipinski definition) is 18. The number of nitrogens with one attached hydrogen (secondary N) is 6. The molecule has 0 radical (unpaired) electrons. The van der Waals surface area contributed by atoms with Crippen molar-refractivity contribution in [3.05, 3.63) is 112 Å². The molecule has 0 bridgehead atoms. The Hall–Kier alpha value is -7.98. The summed E-state index contributed by atoms with van der Waals surface area (Å²) in [6.45, 7) is 19.0. The highest BCUT2D eigenvalue weighted by atomic mass is 32.1. The molecular weight excluding hydrogens is 1330 g/mol. The van der Waals surface area contributed by atoms with Crippen LogP contribution in [0.25, 0.3) is 10.4 Å². The van der Waals surface area contributed by atoms with Gasteiger partial charge in [-0.1, -0.05) is 71.0 Å². The van der Waals surface area contributed by atoms with Crippen LogP contribution < -0.4 is 46.4 Å². The molecule has 550 valence electrons. The van der Waals surface area contributed by atoms with E-state index in [2.05, 4.69) is 93.4 Å². The van der Waals surface area contributed by atoms with E-state index in [0.29, 0.717) is 106 Å². The van der Waals surface area contributed by atoms with Crippen molar-refractivity contribution in [2.75, 3.05) is 107 Å². The number of carbonyl (C=O) groups excluding carboxylic acids is 6. The highest BCUT2D eigenvalue weighted by Crippen LogP contribution is 2.42. The molecule has 27 heteroatoms. The fourth-order valence-electron chi connectivity index (χ4n) is 15.6. The van der Waals surface area contributed by atoms with Gasteiger partial charge in [0, 0.05) is 108 Å². The van der Waals surface area contributed by atoms with E-state index in [9.17, 15) is 38.3 Å². The second-order valence-corrected chi connectivity index (χ2v) is 32.3. The molecular formula is C75H100F3N15O8S. The Morgan fingerprint density at radius 2 is 1.54 bits per heavy atom. The number of fused-ring (bicyclic) bond motifs is 1. The summed E-state index contributed by atoms with van der Waals surface area (Å²) in [6, 6.07) is 16.3. The second kappa shape index (κ2) is 31.1. The Balaban J connectivity index is 0.541. The van der Waals surface area contributed by atoms with Crippen molar-refractivity contribution in [2.45, 2.75) is 167 Å². The van der Waals surface area contributed by atoms with Crippen molar-refractivity contribution < 1.29 is 51.8 Å². The molecule has 2 aliphatic carbocycles. The zero-order chi connectivity index (χ0) is 72.3. The van der Waals surface area contributed by atoms with Crippen LogP contribution in [0.3, 0.4) is 0 Å². The van der Waals surface area contributed by atoms with Crippen molar-refractivity contribution in [3.63, 3.8) is 0 Å². The minimum absolute atomic E-state index is 0.0151. The van der Waals surface area contributed by atoms with Gasteiger partial charge in [-0.25, -0.2) is 28.1 Å². The Labute approximate surface area is 599 Å². The molecule has 1 spiro atoms. The van der Waals surface area contributed by atoms with E-state index in [1.54, 1.807) is 31.2 Å². The van der Waals surface area contributed by atoms with Gasteiger partial charge in [-0.05, 0) is 143 Å². The Morgan fingerprint density at radius 1 is 0.804 bits per heavy atom. The lowest BCUT2D eigenvalue weighted by molar-refractivity contribution is -0.145. The van der Waals surface area contributed by atoms with Crippen molar-refractivity contribution >= 4 is 64.1 Å². The highest BCUT2D eigenvalue weighted by molar-refractivity contribution is 7.13. The topological polar surface area (TPSA) is 262 Å². The van der Waals surface area contributed by atoms with Crippen LogP contribution in [0, 0.1) is 41.2 Å². The number of ether oxygens (including phenoxy) is 1. The van der Waals surface area contributed by atoms with Crippen LogP contribution in [-0.4, -0.2) is 203 Å². The monoisotopic (exact) mass is 1430 g/mol. The number of rotatable bonds is 26. The lowest BCUT2D eigenvalue weighted by Gasteiger charge is -2.48. The van der Waals surface area contributed by atoms with Crippen LogP contribution in [-0.2, 0) is 54.9 Å². The molecule has 7 fully saturated rings. The van der Waals surface area contributed by atoms with E-state index in [0.717, 1.165) is 97.9 Å². The largest absolute Gasteiger partial charge is 0.483 e. The van der Waals surface area contributed by atoms with E-state index in [1.165, 1.54) is 34.7 Å². The standard InChI is InChI=1S/C75H100F3N15O8S/c1-47-67(102-46-85-47)50-12-13-51(36-82-69(98)60-31-56(94)40-93(60)70(99)68(72(2,3)4)86-71(100)75(78)14-15-75)61(30-50)101-43-66(97)79-20-9-21-88(7)55-27-52-37-90(38-53(52)28-55)41-64(95)81-35-49-11-8-10-48(26-49)34-80-62-33-63(84-45-83-62)91-24-18-74(19-25-91)44-92(42-65(96)87-74)59-32-57(76)54(29-58(59)77)39-89-22-16-73(5,6)17-23-89/h8,10-13,26,29-30,32-33,45-46,52-53,55-56,60,68,94H,9,14-25,27-28,31,34-44H2,1-7H3,(H,79,97)(H,81,95)(H,82,98)(H,86,100)(H,87,96)(H,80,83,84)/t52-,53+,55-,56-,60+,68-/m1/s1. The summed E-state index contributed by atoms with van der Waals surface area (Å²) in [5.74, 6) is -0.675. The van der Waals surface area contributed by atoms with Crippen molar-refractivity contribution in [1.29, 1.82) is 0 Å². The van der Waals surface area contributed by atoms with Crippen LogP contribution in [0.2, 0.25) is 0 Å². The molecule has 2 saturated carbocycles. The van der Waals surface area contributed by atoms with Gasteiger partial charge in [-0.3, -0.25) is 38.6 Å². The maximum absolute atomic E-state index is 15.8. The van der Waals surface area contributed by atoms with Crippen molar-refractivity contribution in [2.24, 2.45) is 22.7 Å². The van der Waals surface area contributed by atoms with Gasteiger partial charge in [-0.15, -0.1) is 11.3 Å². The van der Waals surface area contributed by atoms with Gasteiger partial charge in [0.1, 0.15) is 47.4 Å². The number of piperidine rings is 2. The first-order valence-corrected chi connectivity index (χ1v) is 37.1. The van der Waals surface area contributed by atoms with Gasteiger partial charge in [0.15, 0.2) is 12.3 Å². The lowest BCUT2D eigenvalue weighted by atomic mass is 9.82. The first-order chi connectivity index (χ1) is 48.6. The summed E-state index contributed by atoms with van der Waals surface area (Å²) < 4.78 is 52.4. The Morgan fingerprint density at radius 3 is 2.25 bits per heavy atom. The van der Waals surface area contributed by atoms with E-state index < -0.39 is 64.2 Å². The number of benzene rings is 3. The third-order valence-corrected chi connectivity index (χ3v) is 23.0. The number of anilines is 3. The average molecular weight is 1430 g/mol. The van der Waals surface area contributed by atoms with Gasteiger partial charge in [0.25, 0.3) is 11.8 Å². The first kappa shape index (κ1) is 73.8. The molecule has 6 atom stereocenters. The molecule has 0 unspecified atom stereocenters. The van der Waals surface area contributed by atoms with Gasteiger partial charge in [0.05, 0.1) is 46.5 Å². The average Bonchev–Trinajstić information content (AvgIpc) is 0.849. The number of β-amino-alcohol motifs (C(OH)–C–C–N with tert-alkyl or cyclic N) is 1. The van der Waals surface area contributed by atoms with Crippen molar-refractivity contribution in [3.8, 4) is 16.2 Å². The predicted molar refractivity (Wildman–Crippen MR) is 384 cm³/mol. The number of carbonyl (C=O) groups is 6. The number of aryl methyl sites for hydroxylation is 1. The number of aromatic nitrogens is 3. The molecule has 7 heterocycles. The number of amides is 6. The highest BCUT2D eigenvalue weighted by Gasteiger charge is 2.54. The molecule has 2 aromatic heterocycles. The summed E-state index contributed by atoms with van der Waals surface area (Å²) in [4.78, 5) is 107. The number of piperazine rings is 1. The van der Waals surface area contributed by atoms with Crippen LogP contribution in [0.15, 0.2) is 72.5 Å². The number of alkyl halides is 1. The van der Waals surface area contributed by atoms with E-state index in [4.69, 9.17) is 4.74 Å². The molecule has 5 saturated heterocycles. The molecule has 12 rings (SSSR count). The quantitative estimate of drug-likeness (QED) is 0.0279. The maximum atomic E-state index is 15.8. The number of halogens is 3. The molecule has 7 aliphatic rings. The van der Waals surface area contributed by atoms with Crippen LogP contribution >= 0.6 is 11.3 Å². The molecule has 3 aromatic carbocycles. The normalized spacial score (nSPS) is 22.6. The minimum atomic E-state index is -2.00. The molecule has 7 N–H and O–H groups in total. The van der Waals surface area contributed by atoms with Gasteiger partial charge >= 0.3 is 0 Å². The van der Waals surface area contributed by atoms with Crippen LogP contribution in [0.5, 0.6) is 5.75 Å². The number of nitrogens with zero attached hydrogens (tertiary/aromatic N) is 9. The summed E-state index contributed by atoms with van der Waals surface area (Å²) in [5.41, 5.74) is 3.27. The summed E-state index contributed by atoms with van der Waals surface area (Å²) in [5, 5.41) is 29.0. The molecule has 5 aromatic rings. The molecule has 6 amide bonds. The number of thiazole rings is 1. The smallest absolute Gasteiger partial charge is 0.258 e. The zero-order valence-electron chi connectivity index (χ0n) is 59.9. The van der Waals surface area contributed by atoms with Gasteiger partial charge < -0.3 is 61.3 Å². The predicted octanol–water partition coefficient (Wildman–Crippen LogP) is 6.85. The maximum Gasteiger partial charge on any atom is 0.258 e. The fraction of sp³-hybridized carbons (Fsp3) is 0.587. The first-order valence-electron chi connectivity index (χ1n) is 36.2. The SMILES string of the molecule is Cc1ncsc1-c1ccc(CNC(=O)[C@@H]2C[C@@H](O)CN2C(=O)[C@@H](NC(=O)C2(F)CC2)C(C)(C)C)c(OCC(=O)NCCCN(C)[C@@H]2C[C@@H]3CN(CC(=O)NCc4cccc(CNc5cc(N6CCC7(CC6)CN(c6cc(F)c(CN8CCC(C)(C)CC8)cc6F)CC(=O)N7)ncn5)c4)C[C@@H]3C2)c1. The van der Waals surface area contributed by atoms with Gasteiger partial charge in [-0.2, -0.15) is 0 Å². The van der Waals surface area contributed by atoms with E-state index in [1.807, 2.05) is 49.4 Å². The number of aliphatic hydroxyl groups is 1. The molecule has 102 heavy (non-hydrogen) atoms. The third kappa shape index (κ3) is 18.1. The third-order valence-electron chi connectivity index (χ3n) is 22.0. The molecule has 23 nitrogen and oxygen atoms in total. The van der Waals surface area contributed by atoms with Gasteiger partial charge in [0.2, 0.25) is 23.6 Å². The number of aliphatic hydroxyl groups excluding tert-OH is 1. The second-order valence-electron chi connectivity index (χ2n) is 31.5. The lowest BCUT2D eigenvalue weighted by Crippen LogP contribution is -2.66. The number of hydrogen-bond donors (Lipinski definition) is 7. The van der Waals surface area contributed by atoms with Crippen molar-refractivity contribution in [1.82, 2.24) is 61.1 Å². The van der Waals surface area contributed by atoms with Crippen LogP contribution in [0.1, 0.15) is 127 Å². The Kier molecular flexibility index (Phi) is 22.5. The summed E-state index contributed by atoms with van der Waals surface area (Å²) in [6.07, 6.45) is 6.72. The zero-order valence-corrected chi connectivity index (χ0v) is 60.7. The summed E-state index contributed by atoms with van der Waals surface area (Å²) >= 11 is 1.47. The van der Waals surface area contributed by atoms with Crippen LogP contribution in [0.4, 0.5) is 30.5 Å². The number of likely N-dealkylation sites (tertiary alicyclic amines) is 3. The van der Waals surface area contributed by atoms with E-state index >= 15 is 8.78 Å².